The molecule has 2 aromatic rings. The van der Waals surface area contributed by atoms with E-state index in [1.54, 1.807) is 30.6 Å². The molecular formula is C14H17N5O2S. The van der Waals surface area contributed by atoms with Gasteiger partial charge in [-0.1, -0.05) is 23.5 Å². The number of benzene rings is 1. The minimum atomic E-state index is -0.441. The average molecular weight is 319 g/mol. The summed E-state index contributed by atoms with van der Waals surface area (Å²) < 4.78 is 0. The number of para-hydroxylation sites is 2. The number of anilines is 2. The van der Waals surface area contributed by atoms with Crippen LogP contribution < -0.4 is 10.3 Å². The van der Waals surface area contributed by atoms with Crippen molar-refractivity contribution in [3.8, 4) is 0 Å². The van der Waals surface area contributed by atoms with E-state index >= 15 is 0 Å². The molecule has 0 bridgehead atoms. The van der Waals surface area contributed by atoms with Gasteiger partial charge in [0, 0.05) is 25.4 Å². The molecule has 0 saturated heterocycles. The second-order valence-electron chi connectivity index (χ2n) is 4.36. The van der Waals surface area contributed by atoms with E-state index in [0.717, 1.165) is 23.1 Å². The van der Waals surface area contributed by atoms with Crippen molar-refractivity contribution in [1.29, 1.82) is 0 Å². The van der Waals surface area contributed by atoms with Crippen molar-refractivity contribution >= 4 is 34.1 Å². The highest BCUT2D eigenvalue weighted by Gasteiger charge is 2.11. The summed E-state index contributed by atoms with van der Waals surface area (Å²) in [6.45, 7) is 5.95. The van der Waals surface area contributed by atoms with Crippen LogP contribution in [0.25, 0.3) is 0 Å². The zero-order chi connectivity index (χ0) is 15.9. The van der Waals surface area contributed by atoms with Crippen molar-refractivity contribution in [2.75, 3.05) is 23.4 Å². The zero-order valence-electron chi connectivity index (χ0n) is 12.4. The second kappa shape index (κ2) is 7.51. The molecule has 0 fully saturated rings. The molecule has 1 heterocycles. The van der Waals surface area contributed by atoms with E-state index < -0.39 is 4.92 Å². The number of thiazole rings is 1. The van der Waals surface area contributed by atoms with Crippen LogP contribution in [-0.2, 0) is 0 Å². The van der Waals surface area contributed by atoms with Gasteiger partial charge >= 0.3 is 0 Å². The van der Waals surface area contributed by atoms with Crippen LogP contribution in [0.15, 0.2) is 35.6 Å². The molecule has 1 N–H and O–H groups in total. The number of rotatable bonds is 7. The molecule has 0 unspecified atom stereocenters. The third-order valence-electron chi connectivity index (χ3n) is 3.02. The Balaban J connectivity index is 2.06. The number of aromatic nitrogens is 1. The molecule has 0 aliphatic rings. The molecule has 0 spiro atoms. The molecule has 0 amide bonds. The van der Waals surface area contributed by atoms with Gasteiger partial charge in [0.2, 0.25) is 0 Å². The third-order valence-corrected chi connectivity index (χ3v) is 4.02. The lowest BCUT2D eigenvalue weighted by Gasteiger charge is -2.16. The van der Waals surface area contributed by atoms with E-state index in [1.165, 1.54) is 17.4 Å². The van der Waals surface area contributed by atoms with Gasteiger partial charge in [-0.2, -0.15) is 5.10 Å². The van der Waals surface area contributed by atoms with Crippen LogP contribution in [0.5, 0.6) is 0 Å². The van der Waals surface area contributed by atoms with Gasteiger partial charge in [-0.15, -0.1) is 0 Å². The molecule has 116 valence electrons. The summed E-state index contributed by atoms with van der Waals surface area (Å²) in [6, 6.07) is 6.38. The van der Waals surface area contributed by atoms with Crippen LogP contribution in [-0.4, -0.2) is 29.2 Å². The maximum Gasteiger partial charge on any atom is 0.294 e. The predicted molar refractivity (Wildman–Crippen MR) is 90.0 cm³/mol. The number of hydrogen-bond donors (Lipinski definition) is 1. The Kier molecular flexibility index (Phi) is 5.42. The summed E-state index contributed by atoms with van der Waals surface area (Å²) in [6.07, 6.45) is 3.35. The lowest BCUT2D eigenvalue weighted by atomic mass is 10.3. The smallest absolute Gasteiger partial charge is 0.294 e. The SMILES string of the molecule is CCN(CC)c1ncc(/C=N/Nc2ccccc2[N+](=O)[O-])s1. The van der Waals surface area contributed by atoms with Gasteiger partial charge < -0.3 is 4.90 Å². The lowest BCUT2D eigenvalue weighted by molar-refractivity contribution is -0.384. The summed E-state index contributed by atoms with van der Waals surface area (Å²) in [7, 11) is 0. The fraction of sp³-hybridized carbons (Fsp3) is 0.286. The molecular weight excluding hydrogens is 302 g/mol. The van der Waals surface area contributed by atoms with Gasteiger partial charge in [0.1, 0.15) is 5.69 Å². The number of hydrazone groups is 1. The van der Waals surface area contributed by atoms with Crippen LogP contribution in [0.4, 0.5) is 16.5 Å². The lowest BCUT2D eigenvalue weighted by Crippen LogP contribution is -2.21. The van der Waals surface area contributed by atoms with Crippen molar-refractivity contribution in [3.05, 3.63) is 45.5 Å². The fourth-order valence-electron chi connectivity index (χ4n) is 1.87. The predicted octanol–water partition coefficient (Wildman–Crippen LogP) is 3.34. The van der Waals surface area contributed by atoms with Crippen molar-refractivity contribution in [1.82, 2.24) is 4.98 Å². The first-order valence-corrected chi connectivity index (χ1v) is 7.70. The molecule has 1 aromatic heterocycles. The molecule has 8 heteroatoms. The Bertz CT molecular complexity index is 667. The summed E-state index contributed by atoms with van der Waals surface area (Å²) in [5.74, 6) is 0. The number of nitrogens with one attached hydrogen (secondary N) is 1. The highest BCUT2D eigenvalue weighted by Crippen LogP contribution is 2.23. The number of nitrogens with zero attached hydrogens (tertiary/aromatic N) is 4. The van der Waals surface area contributed by atoms with Gasteiger partial charge in [0.05, 0.1) is 16.0 Å². The van der Waals surface area contributed by atoms with Crippen LogP contribution >= 0.6 is 11.3 Å². The van der Waals surface area contributed by atoms with Crippen LogP contribution in [0.3, 0.4) is 0 Å². The quantitative estimate of drug-likeness (QED) is 0.481. The summed E-state index contributed by atoms with van der Waals surface area (Å²) in [4.78, 5) is 17.8. The molecule has 2 rings (SSSR count). The molecule has 22 heavy (non-hydrogen) atoms. The number of nitro groups is 1. The Labute approximate surface area is 132 Å². The van der Waals surface area contributed by atoms with Crippen LogP contribution in [0, 0.1) is 10.1 Å². The largest absolute Gasteiger partial charge is 0.349 e. The standard InChI is InChI=1S/C14H17N5O2S/c1-3-18(4-2)14-15-9-11(22-14)10-16-17-12-7-5-6-8-13(12)19(20)21/h5-10,17H,3-4H2,1-2H3/b16-10+. The second-order valence-corrected chi connectivity index (χ2v) is 5.40. The normalized spacial score (nSPS) is 10.8. The fourth-order valence-corrected chi connectivity index (χ4v) is 2.78. The Hall–Kier alpha value is -2.48. The van der Waals surface area contributed by atoms with Crippen molar-refractivity contribution in [2.24, 2.45) is 5.10 Å². The summed E-state index contributed by atoms with van der Waals surface area (Å²) in [5, 5.41) is 15.9. The summed E-state index contributed by atoms with van der Waals surface area (Å²) >= 11 is 1.53. The van der Waals surface area contributed by atoms with Gasteiger partial charge in [-0.25, -0.2) is 4.98 Å². The van der Waals surface area contributed by atoms with Crippen molar-refractivity contribution < 1.29 is 4.92 Å². The molecule has 1 aromatic carbocycles. The Morgan fingerprint density at radius 2 is 2.14 bits per heavy atom. The first kappa shape index (κ1) is 15.9. The van der Waals surface area contributed by atoms with Crippen LogP contribution in [0.1, 0.15) is 18.7 Å². The highest BCUT2D eigenvalue weighted by molar-refractivity contribution is 7.17. The average Bonchev–Trinajstić information content (AvgIpc) is 2.97. The zero-order valence-corrected chi connectivity index (χ0v) is 13.2. The topological polar surface area (TPSA) is 83.7 Å². The molecule has 0 radical (unpaired) electrons. The first-order valence-electron chi connectivity index (χ1n) is 6.89. The molecule has 0 aliphatic carbocycles. The molecule has 0 saturated carbocycles. The number of hydrogen-bond acceptors (Lipinski definition) is 7. The van der Waals surface area contributed by atoms with E-state index in [4.69, 9.17) is 0 Å². The maximum atomic E-state index is 10.9. The van der Waals surface area contributed by atoms with Gasteiger partial charge in [-0.05, 0) is 19.9 Å². The Morgan fingerprint density at radius 3 is 2.82 bits per heavy atom. The summed E-state index contributed by atoms with van der Waals surface area (Å²) in [5.41, 5.74) is 3.05. The minimum absolute atomic E-state index is 0.00668. The maximum absolute atomic E-state index is 10.9. The third kappa shape index (κ3) is 3.79. The Morgan fingerprint density at radius 1 is 1.41 bits per heavy atom. The van der Waals surface area contributed by atoms with Crippen LogP contribution in [0.2, 0.25) is 0 Å². The van der Waals surface area contributed by atoms with Crippen molar-refractivity contribution in [2.45, 2.75) is 13.8 Å². The number of nitro benzene ring substituents is 1. The van der Waals surface area contributed by atoms with E-state index in [-0.39, 0.29) is 5.69 Å². The van der Waals surface area contributed by atoms with E-state index in [2.05, 4.69) is 34.3 Å². The minimum Gasteiger partial charge on any atom is -0.349 e. The van der Waals surface area contributed by atoms with Gasteiger partial charge in [0.25, 0.3) is 5.69 Å². The molecule has 7 nitrogen and oxygen atoms in total. The van der Waals surface area contributed by atoms with E-state index in [0.29, 0.717) is 5.69 Å². The first-order chi connectivity index (χ1) is 10.7. The molecule has 0 aliphatic heterocycles. The van der Waals surface area contributed by atoms with E-state index in [9.17, 15) is 10.1 Å². The van der Waals surface area contributed by atoms with Crippen molar-refractivity contribution in [3.63, 3.8) is 0 Å². The van der Waals surface area contributed by atoms with Gasteiger partial charge in [0.15, 0.2) is 5.13 Å². The van der Waals surface area contributed by atoms with E-state index in [1.807, 2.05) is 0 Å². The molecule has 0 atom stereocenters. The monoisotopic (exact) mass is 319 g/mol. The van der Waals surface area contributed by atoms with Gasteiger partial charge in [-0.3, -0.25) is 15.5 Å². The highest BCUT2D eigenvalue weighted by atomic mass is 32.1.